The van der Waals surface area contributed by atoms with Crippen molar-refractivity contribution >= 4 is 5.69 Å². The molecule has 2 aromatic heterocycles. The number of anilines is 1. The quantitative estimate of drug-likeness (QED) is 0.473. The van der Waals surface area contributed by atoms with Crippen molar-refractivity contribution in [3.05, 3.63) is 97.8 Å². The highest BCUT2D eigenvalue weighted by Crippen LogP contribution is 2.21. The third-order valence-corrected chi connectivity index (χ3v) is 6.39. The molecule has 168 valence electrons. The van der Waals surface area contributed by atoms with Crippen LogP contribution in [0.3, 0.4) is 0 Å². The van der Waals surface area contributed by atoms with Gasteiger partial charge in [0.05, 0.1) is 22.5 Å². The zero-order chi connectivity index (χ0) is 23.1. The van der Waals surface area contributed by atoms with Gasteiger partial charge < -0.3 is 10.7 Å². The molecule has 8 nitrogen and oxygen atoms in total. The summed E-state index contributed by atoms with van der Waals surface area (Å²) in [5, 5.41) is 0. The normalized spacial score (nSPS) is 13.8. The van der Waals surface area contributed by atoms with Crippen LogP contribution in [0.25, 0.3) is 17.1 Å². The zero-order valence-electron chi connectivity index (χ0n) is 18.7. The highest BCUT2D eigenvalue weighted by atomic mass is 16.1. The first-order chi connectivity index (χ1) is 15.9. The van der Waals surface area contributed by atoms with Gasteiger partial charge in [0.25, 0.3) is 11.1 Å². The van der Waals surface area contributed by atoms with E-state index in [1.807, 2.05) is 61.1 Å². The molecule has 0 amide bonds. The molecule has 0 saturated carbocycles. The molecule has 4 aromatic rings. The number of nitrogen functional groups attached to an aromatic ring is 1. The molecule has 3 N–H and O–H groups in total. The average Bonchev–Trinajstić information content (AvgIpc) is 3.03. The summed E-state index contributed by atoms with van der Waals surface area (Å²) in [7, 11) is 1.89. The van der Waals surface area contributed by atoms with Crippen molar-refractivity contribution in [2.45, 2.75) is 26.4 Å². The van der Waals surface area contributed by atoms with Crippen LogP contribution in [-0.2, 0) is 26.6 Å². The lowest BCUT2D eigenvalue weighted by atomic mass is 10.1. The van der Waals surface area contributed by atoms with Gasteiger partial charge in [0, 0.05) is 50.0 Å². The topological polar surface area (TPSA) is 102 Å². The maximum absolute atomic E-state index is 13.2. The van der Waals surface area contributed by atoms with Crippen LogP contribution in [0.2, 0.25) is 0 Å². The van der Waals surface area contributed by atoms with E-state index in [9.17, 15) is 9.59 Å². The smallest absolute Gasteiger partial charge is 0.276 e. The SMILES string of the molecule is Cc1c(CN2CCc3nc(-c4ccc(N)cc4)[nH]c(=O)c3C2)c(=O)n(-c2ccccc2)n1C. The fraction of sp³-hybridized carbons (Fsp3) is 0.240. The molecular formula is C25H26N6O2. The number of hydrogen-bond donors (Lipinski definition) is 2. The number of aromatic amines is 1. The van der Waals surface area contributed by atoms with Gasteiger partial charge in [-0.2, -0.15) is 0 Å². The Bertz CT molecular complexity index is 1430. The van der Waals surface area contributed by atoms with Gasteiger partial charge in [-0.05, 0) is 43.3 Å². The van der Waals surface area contributed by atoms with Crippen LogP contribution < -0.4 is 16.9 Å². The molecule has 0 fully saturated rings. The Balaban J connectivity index is 1.42. The van der Waals surface area contributed by atoms with E-state index in [4.69, 9.17) is 10.7 Å². The number of hydrogen-bond acceptors (Lipinski definition) is 5. The Kier molecular flexibility index (Phi) is 5.22. The molecule has 33 heavy (non-hydrogen) atoms. The number of H-pyrrole nitrogens is 1. The van der Waals surface area contributed by atoms with Crippen LogP contribution in [-0.4, -0.2) is 30.8 Å². The van der Waals surface area contributed by atoms with Crippen LogP contribution in [0.5, 0.6) is 0 Å². The summed E-state index contributed by atoms with van der Waals surface area (Å²) in [6, 6.07) is 16.9. The molecule has 0 bridgehead atoms. The summed E-state index contributed by atoms with van der Waals surface area (Å²) in [4.78, 5) is 35.9. The van der Waals surface area contributed by atoms with E-state index >= 15 is 0 Å². The highest BCUT2D eigenvalue weighted by molar-refractivity contribution is 5.58. The minimum Gasteiger partial charge on any atom is -0.399 e. The molecule has 0 atom stereocenters. The fourth-order valence-corrected chi connectivity index (χ4v) is 4.42. The lowest BCUT2D eigenvalue weighted by molar-refractivity contribution is 0.240. The maximum Gasteiger partial charge on any atom is 0.276 e. The summed E-state index contributed by atoms with van der Waals surface area (Å²) < 4.78 is 3.58. The van der Waals surface area contributed by atoms with Gasteiger partial charge in [-0.3, -0.25) is 19.2 Å². The minimum atomic E-state index is -0.136. The maximum atomic E-state index is 13.2. The predicted octanol–water partition coefficient (Wildman–Crippen LogP) is 2.38. The molecule has 0 radical (unpaired) electrons. The third kappa shape index (κ3) is 3.78. The Hall–Kier alpha value is -3.91. The van der Waals surface area contributed by atoms with Gasteiger partial charge in [-0.15, -0.1) is 0 Å². The number of nitrogens with one attached hydrogen (secondary N) is 1. The van der Waals surface area contributed by atoms with E-state index in [-0.39, 0.29) is 11.1 Å². The predicted molar refractivity (Wildman–Crippen MR) is 128 cm³/mol. The number of benzene rings is 2. The van der Waals surface area contributed by atoms with Crippen molar-refractivity contribution in [2.75, 3.05) is 12.3 Å². The molecule has 0 unspecified atom stereocenters. The van der Waals surface area contributed by atoms with Crippen LogP contribution in [0, 0.1) is 6.92 Å². The lowest BCUT2D eigenvalue weighted by Crippen LogP contribution is -2.36. The van der Waals surface area contributed by atoms with Crippen LogP contribution >= 0.6 is 0 Å². The summed E-state index contributed by atoms with van der Waals surface area (Å²) in [6.45, 7) is 3.63. The minimum absolute atomic E-state index is 0.0299. The molecular weight excluding hydrogens is 416 g/mol. The standard InChI is InChI=1S/C25H26N6O2/c1-16-20(25(33)31(29(16)2)19-6-4-3-5-7-19)14-30-13-12-22-21(15-30)24(32)28-23(27-22)17-8-10-18(26)11-9-17/h3-11H,12-15,26H2,1-2H3,(H,27,28,32). The Labute approximate surface area is 190 Å². The number of nitrogens with two attached hydrogens (primary N) is 1. The number of fused-ring (bicyclic) bond motifs is 1. The molecule has 5 rings (SSSR count). The Morgan fingerprint density at radius 2 is 1.79 bits per heavy atom. The first-order valence-electron chi connectivity index (χ1n) is 11.0. The molecule has 2 aromatic carbocycles. The second kappa shape index (κ2) is 8.22. The van der Waals surface area contributed by atoms with Gasteiger partial charge in [0.1, 0.15) is 5.82 Å². The number of rotatable bonds is 4. The average molecular weight is 443 g/mol. The van der Waals surface area contributed by atoms with Crippen LogP contribution in [0.15, 0.2) is 64.2 Å². The summed E-state index contributed by atoms with van der Waals surface area (Å²) in [6.07, 6.45) is 0.653. The van der Waals surface area contributed by atoms with Crippen molar-refractivity contribution in [3.63, 3.8) is 0 Å². The van der Waals surface area contributed by atoms with Gasteiger partial charge in [0.15, 0.2) is 0 Å². The van der Waals surface area contributed by atoms with Crippen molar-refractivity contribution in [3.8, 4) is 17.1 Å². The molecule has 0 aliphatic carbocycles. The van der Waals surface area contributed by atoms with Crippen molar-refractivity contribution < 1.29 is 0 Å². The second-order valence-electron chi connectivity index (χ2n) is 8.46. The molecule has 0 saturated heterocycles. The summed E-state index contributed by atoms with van der Waals surface area (Å²) >= 11 is 0. The van der Waals surface area contributed by atoms with Crippen LogP contribution in [0.4, 0.5) is 5.69 Å². The highest BCUT2D eigenvalue weighted by Gasteiger charge is 2.24. The Morgan fingerprint density at radius 3 is 2.52 bits per heavy atom. The fourth-order valence-electron chi connectivity index (χ4n) is 4.42. The molecule has 8 heteroatoms. The molecule has 0 spiro atoms. The monoisotopic (exact) mass is 442 g/mol. The van der Waals surface area contributed by atoms with Crippen molar-refractivity contribution in [1.82, 2.24) is 24.2 Å². The van der Waals surface area contributed by atoms with E-state index in [1.54, 1.807) is 16.8 Å². The van der Waals surface area contributed by atoms with Gasteiger partial charge >= 0.3 is 0 Å². The number of para-hydroxylation sites is 1. The van der Waals surface area contributed by atoms with E-state index in [0.29, 0.717) is 36.6 Å². The van der Waals surface area contributed by atoms with E-state index in [2.05, 4.69) is 9.88 Å². The van der Waals surface area contributed by atoms with E-state index in [1.165, 1.54) is 0 Å². The first-order valence-corrected chi connectivity index (χ1v) is 11.0. The Morgan fingerprint density at radius 1 is 1.06 bits per heavy atom. The van der Waals surface area contributed by atoms with Crippen molar-refractivity contribution in [1.29, 1.82) is 0 Å². The van der Waals surface area contributed by atoms with Crippen molar-refractivity contribution in [2.24, 2.45) is 7.05 Å². The number of aromatic nitrogens is 4. The van der Waals surface area contributed by atoms with E-state index in [0.717, 1.165) is 34.7 Å². The first kappa shape index (κ1) is 21.0. The number of nitrogens with zero attached hydrogens (tertiary/aromatic N) is 4. The molecule has 3 heterocycles. The third-order valence-electron chi connectivity index (χ3n) is 6.39. The largest absolute Gasteiger partial charge is 0.399 e. The molecule has 1 aliphatic rings. The second-order valence-corrected chi connectivity index (χ2v) is 8.46. The van der Waals surface area contributed by atoms with Gasteiger partial charge in [-0.25, -0.2) is 9.67 Å². The summed E-state index contributed by atoms with van der Waals surface area (Å²) in [5.41, 5.74) is 11.1. The van der Waals surface area contributed by atoms with Gasteiger partial charge in [-0.1, -0.05) is 18.2 Å². The summed E-state index contributed by atoms with van der Waals surface area (Å²) in [5.74, 6) is 0.553. The molecule has 1 aliphatic heterocycles. The van der Waals surface area contributed by atoms with Gasteiger partial charge in [0.2, 0.25) is 0 Å². The van der Waals surface area contributed by atoms with E-state index < -0.39 is 0 Å². The van der Waals surface area contributed by atoms with Crippen LogP contribution in [0.1, 0.15) is 22.5 Å². The zero-order valence-corrected chi connectivity index (χ0v) is 18.7. The lowest BCUT2D eigenvalue weighted by Gasteiger charge is -2.27.